The van der Waals surface area contributed by atoms with Crippen LogP contribution in [0.3, 0.4) is 0 Å². The van der Waals surface area contributed by atoms with Crippen molar-refractivity contribution < 1.29 is 18.1 Å². The van der Waals surface area contributed by atoms with E-state index in [4.69, 9.17) is 13.3 Å². The van der Waals surface area contributed by atoms with Crippen molar-refractivity contribution in [3.8, 4) is 0 Å². The molecule has 0 saturated carbocycles. The van der Waals surface area contributed by atoms with Gasteiger partial charge in [0.25, 0.3) is 8.32 Å². The molecule has 0 saturated heterocycles. The van der Waals surface area contributed by atoms with Crippen molar-refractivity contribution in [2.75, 3.05) is 6.61 Å². The summed E-state index contributed by atoms with van der Waals surface area (Å²) in [7, 11) is -6.89. The summed E-state index contributed by atoms with van der Waals surface area (Å²) >= 11 is 0. The number of Topliss-reactive ketones (excluding diaryl/α,β-unsaturated/α-hetero) is 1. The fourth-order valence-electron chi connectivity index (χ4n) is 6.17. The van der Waals surface area contributed by atoms with E-state index in [1.54, 1.807) is 6.92 Å². The first-order chi connectivity index (χ1) is 21.8. The largest absolute Gasteiger partial charge is 0.414 e. The van der Waals surface area contributed by atoms with Crippen molar-refractivity contribution in [1.29, 1.82) is 0 Å². The van der Waals surface area contributed by atoms with E-state index in [1.807, 2.05) is 0 Å². The molecule has 0 aliphatic heterocycles. The summed E-state index contributed by atoms with van der Waals surface area (Å²) in [6.45, 7) is 39.1. The van der Waals surface area contributed by atoms with Gasteiger partial charge in [-0.2, -0.15) is 0 Å². The second kappa shape index (κ2) is 16.3. The molecule has 0 aliphatic carbocycles. The van der Waals surface area contributed by atoms with Gasteiger partial charge in [-0.3, -0.25) is 4.79 Å². The van der Waals surface area contributed by atoms with Crippen molar-refractivity contribution in [1.82, 2.24) is 0 Å². The topological polar surface area (TPSA) is 44.8 Å². The normalized spacial score (nSPS) is 17.0. The molecule has 2 aromatic carbocycles. The van der Waals surface area contributed by atoms with Crippen LogP contribution in [0.5, 0.6) is 0 Å². The van der Waals surface area contributed by atoms with E-state index in [0.717, 1.165) is 12.8 Å². The molecule has 0 aliphatic rings. The maximum Gasteiger partial charge on any atom is 0.261 e. The van der Waals surface area contributed by atoms with Gasteiger partial charge in [-0.25, -0.2) is 0 Å². The molecule has 0 aromatic heterocycles. The smallest absolute Gasteiger partial charge is 0.261 e. The molecule has 2 rings (SSSR count). The second-order valence-electron chi connectivity index (χ2n) is 18.7. The quantitative estimate of drug-likeness (QED) is 0.163. The Labute approximate surface area is 299 Å². The Morgan fingerprint density at radius 2 is 1.06 bits per heavy atom. The minimum atomic E-state index is -2.62. The number of carbonyl (C=O) groups excluding carboxylic acids is 1. The van der Waals surface area contributed by atoms with E-state index in [2.05, 4.69) is 170 Å². The lowest BCUT2D eigenvalue weighted by Crippen LogP contribution is -2.66. The zero-order valence-electron chi connectivity index (χ0n) is 33.9. The molecule has 0 heterocycles. The lowest BCUT2D eigenvalue weighted by molar-refractivity contribution is -0.125. The van der Waals surface area contributed by atoms with Crippen LogP contribution >= 0.6 is 0 Å². The van der Waals surface area contributed by atoms with Crippen LogP contribution in [0.25, 0.3) is 0 Å². The number of benzene rings is 2. The molecule has 4 nitrogen and oxygen atoms in total. The van der Waals surface area contributed by atoms with E-state index in [1.165, 1.54) is 10.4 Å². The van der Waals surface area contributed by atoms with Crippen LogP contribution in [0.1, 0.15) is 103 Å². The fourth-order valence-corrected chi connectivity index (χ4v) is 13.8. The molecular weight excluding hydrogens is 641 g/mol. The number of carbonyl (C=O) groups is 1. The first kappa shape index (κ1) is 42.8. The van der Waals surface area contributed by atoms with Gasteiger partial charge < -0.3 is 13.3 Å². The third kappa shape index (κ3) is 10.3. The molecule has 272 valence electrons. The molecule has 0 radical (unpaired) electrons. The van der Waals surface area contributed by atoms with Crippen LogP contribution in [0.4, 0.5) is 0 Å². The lowest BCUT2D eigenvalue weighted by Gasteiger charge is -2.46. The average Bonchev–Trinajstić information content (AvgIpc) is 2.96. The summed E-state index contributed by atoms with van der Waals surface area (Å²) in [5.41, 5.74) is 0. The van der Waals surface area contributed by atoms with Gasteiger partial charge in [-0.05, 0) is 77.4 Å². The van der Waals surface area contributed by atoms with Crippen molar-refractivity contribution in [3.63, 3.8) is 0 Å². The van der Waals surface area contributed by atoms with Crippen molar-refractivity contribution in [2.24, 2.45) is 17.8 Å². The van der Waals surface area contributed by atoms with Gasteiger partial charge in [0, 0.05) is 18.4 Å². The van der Waals surface area contributed by atoms with Crippen LogP contribution < -0.4 is 10.4 Å². The Morgan fingerprint density at radius 1 is 0.646 bits per heavy atom. The van der Waals surface area contributed by atoms with Gasteiger partial charge in [-0.15, -0.1) is 0 Å². The van der Waals surface area contributed by atoms with Crippen LogP contribution in [-0.2, 0) is 18.1 Å². The summed E-state index contributed by atoms with van der Waals surface area (Å²) in [4.78, 5) is 12.9. The zero-order chi connectivity index (χ0) is 36.9. The molecule has 0 N–H and O–H groups in total. The van der Waals surface area contributed by atoms with Gasteiger partial charge in [0.1, 0.15) is 5.78 Å². The van der Waals surface area contributed by atoms with E-state index >= 15 is 0 Å². The zero-order valence-corrected chi connectivity index (χ0v) is 36.9. The highest BCUT2D eigenvalue weighted by Gasteiger charge is 2.50. The summed E-state index contributed by atoms with van der Waals surface area (Å²) in [6, 6.07) is 21.8. The monoisotopic (exact) mass is 712 g/mol. The maximum atomic E-state index is 12.9. The van der Waals surface area contributed by atoms with Crippen LogP contribution in [0, 0.1) is 17.8 Å². The predicted molar refractivity (Wildman–Crippen MR) is 215 cm³/mol. The number of hydrogen-bond acceptors (Lipinski definition) is 4. The van der Waals surface area contributed by atoms with Crippen LogP contribution in [0.15, 0.2) is 60.7 Å². The van der Waals surface area contributed by atoms with Gasteiger partial charge in [0.05, 0.1) is 12.2 Å². The third-order valence-electron chi connectivity index (χ3n) is 11.7. The van der Waals surface area contributed by atoms with Crippen molar-refractivity contribution >= 4 is 41.1 Å². The van der Waals surface area contributed by atoms with E-state index in [-0.39, 0.29) is 44.9 Å². The predicted octanol–water partition coefficient (Wildman–Crippen LogP) is 10.6. The lowest BCUT2D eigenvalue weighted by atomic mass is 9.85. The first-order valence-electron chi connectivity index (χ1n) is 18.4. The average molecular weight is 713 g/mol. The molecule has 0 fully saturated rings. The minimum Gasteiger partial charge on any atom is -0.414 e. The van der Waals surface area contributed by atoms with E-state index < -0.39 is 25.0 Å². The molecule has 0 amide bonds. The Morgan fingerprint density at radius 3 is 1.44 bits per heavy atom. The molecule has 0 spiro atoms. The molecule has 7 heteroatoms. The highest BCUT2D eigenvalue weighted by atomic mass is 28.4. The Hall–Kier alpha value is -1.36. The number of rotatable bonds is 16. The Bertz CT molecular complexity index is 1230. The fraction of sp³-hybridized carbons (Fsp3) is 0.683. The SMILES string of the molecule is CC(=O)[C@@H](C)[C@H](O[Si](C)(C)C(C)(C)C)[C@@H](C)[C@H](CC[C@H](C)CO[Si](c1ccccc1)(c1ccccc1)C(C)(C)C)O[Si](C)(C)C(C)(C)C. The maximum absolute atomic E-state index is 12.9. The standard InChI is InChI=1S/C41H72O4Si3/c1-31(30-43-48(41(11,12)13,35-24-20-18-21-25-35)36-26-22-19-23-27-36)28-29-37(44-46(14,15)39(5,6)7)33(3)38(32(2)34(4)42)45-47(16,17)40(8,9)10/h18-27,31-33,37-38H,28-30H2,1-17H3/t31-,32+,33-,37-,38-/m0/s1. The van der Waals surface area contributed by atoms with Crippen LogP contribution in [-0.4, -0.2) is 49.6 Å². The molecule has 2 aromatic rings. The second-order valence-corrected chi connectivity index (χ2v) is 32.5. The summed E-state index contributed by atoms with van der Waals surface area (Å²) in [6.07, 6.45) is 1.67. The highest BCUT2D eigenvalue weighted by molar-refractivity contribution is 6.99. The van der Waals surface area contributed by atoms with Crippen molar-refractivity contribution in [3.05, 3.63) is 60.7 Å². The van der Waals surface area contributed by atoms with E-state index in [9.17, 15) is 4.79 Å². The third-order valence-corrected chi connectivity index (χ3v) is 25.7. The Kier molecular flexibility index (Phi) is 14.6. The number of ketones is 1. The number of hydrogen-bond donors (Lipinski definition) is 0. The Balaban J connectivity index is 2.46. The molecule has 0 bridgehead atoms. The minimum absolute atomic E-state index is 0.0159. The molecule has 0 unspecified atom stereocenters. The van der Waals surface area contributed by atoms with Gasteiger partial charge in [0.15, 0.2) is 16.6 Å². The first-order valence-corrected chi connectivity index (χ1v) is 26.1. The van der Waals surface area contributed by atoms with Gasteiger partial charge >= 0.3 is 0 Å². The van der Waals surface area contributed by atoms with E-state index in [0.29, 0.717) is 12.5 Å². The molecule has 48 heavy (non-hydrogen) atoms. The highest BCUT2D eigenvalue weighted by Crippen LogP contribution is 2.43. The molecule has 5 atom stereocenters. The molecular formula is C41H72O4Si3. The summed E-state index contributed by atoms with van der Waals surface area (Å²) < 4.78 is 21.8. The summed E-state index contributed by atoms with van der Waals surface area (Å²) in [5, 5.41) is 2.68. The van der Waals surface area contributed by atoms with Crippen molar-refractivity contribution in [2.45, 2.75) is 156 Å². The van der Waals surface area contributed by atoms with Crippen LogP contribution in [0.2, 0.25) is 41.3 Å². The van der Waals surface area contributed by atoms with Gasteiger partial charge in [-0.1, -0.05) is 144 Å². The summed E-state index contributed by atoms with van der Waals surface area (Å²) in [5.74, 6) is 0.380. The van der Waals surface area contributed by atoms with Gasteiger partial charge in [0.2, 0.25) is 0 Å².